The van der Waals surface area contributed by atoms with Gasteiger partial charge in [-0.2, -0.15) is 0 Å². The van der Waals surface area contributed by atoms with Crippen LogP contribution in [0.1, 0.15) is 5.01 Å². The van der Waals surface area contributed by atoms with Gasteiger partial charge in [0.05, 0.1) is 23.4 Å². The number of rotatable bonds is 4. The molecule has 0 aliphatic heterocycles. The molecule has 1 aromatic heterocycles. The van der Waals surface area contributed by atoms with Gasteiger partial charge < -0.3 is 14.7 Å². The Hall–Kier alpha value is -1.66. The molecule has 0 saturated carbocycles. The number of ether oxygens (including phenoxy) is 1. The SMILES string of the molecule is CN(Cc1nc2ccccc2s1)C(=O)OCCO. The number of amides is 1. The van der Waals surface area contributed by atoms with Crippen LogP contribution in [0.15, 0.2) is 24.3 Å². The zero-order valence-corrected chi connectivity index (χ0v) is 10.8. The van der Waals surface area contributed by atoms with Crippen LogP contribution in [0.25, 0.3) is 10.2 Å². The summed E-state index contributed by atoms with van der Waals surface area (Å²) in [4.78, 5) is 17.4. The van der Waals surface area contributed by atoms with E-state index in [1.807, 2.05) is 24.3 Å². The molecule has 0 aliphatic rings. The molecule has 1 aromatic carbocycles. The molecular formula is C12H14N2O3S. The summed E-state index contributed by atoms with van der Waals surface area (Å²) in [6, 6.07) is 7.84. The molecule has 18 heavy (non-hydrogen) atoms. The summed E-state index contributed by atoms with van der Waals surface area (Å²) in [5.74, 6) is 0. The number of carbonyl (C=O) groups is 1. The van der Waals surface area contributed by atoms with E-state index in [-0.39, 0.29) is 13.2 Å². The highest BCUT2D eigenvalue weighted by Crippen LogP contribution is 2.22. The molecule has 0 aliphatic carbocycles. The van der Waals surface area contributed by atoms with Crippen LogP contribution >= 0.6 is 11.3 Å². The highest BCUT2D eigenvalue weighted by Gasteiger charge is 2.12. The third kappa shape index (κ3) is 2.96. The lowest BCUT2D eigenvalue weighted by molar-refractivity contribution is 0.0893. The molecular weight excluding hydrogens is 252 g/mol. The van der Waals surface area contributed by atoms with E-state index >= 15 is 0 Å². The lowest BCUT2D eigenvalue weighted by Crippen LogP contribution is -2.27. The smallest absolute Gasteiger partial charge is 0.409 e. The van der Waals surface area contributed by atoms with E-state index in [2.05, 4.69) is 4.98 Å². The zero-order valence-electron chi connectivity index (χ0n) is 10.00. The Kier molecular flexibility index (Phi) is 4.11. The quantitative estimate of drug-likeness (QED) is 0.917. The fourth-order valence-corrected chi connectivity index (χ4v) is 2.52. The van der Waals surface area contributed by atoms with E-state index in [1.54, 1.807) is 18.4 Å². The van der Waals surface area contributed by atoms with E-state index < -0.39 is 6.09 Å². The molecule has 0 radical (unpaired) electrons. The lowest BCUT2D eigenvalue weighted by atomic mass is 10.3. The number of carbonyl (C=O) groups excluding carboxylic acids is 1. The number of fused-ring (bicyclic) bond motifs is 1. The van der Waals surface area contributed by atoms with Gasteiger partial charge in [-0.05, 0) is 12.1 Å². The highest BCUT2D eigenvalue weighted by molar-refractivity contribution is 7.18. The summed E-state index contributed by atoms with van der Waals surface area (Å²) < 4.78 is 5.91. The second-order valence-electron chi connectivity index (χ2n) is 3.77. The summed E-state index contributed by atoms with van der Waals surface area (Å²) in [5, 5.41) is 9.44. The topological polar surface area (TPSA) is 62.7 Å². The maximum Gasteiger partial charge on any atom is 0.409 e. The third-order valence-corrected chi connectivity index (χ3v) is 3.36. The number of aliphatic hydroxyl groups is 1. The number of benzene rings is 1. The Bertz CT molecular complexity index is 508. The first kappa shape index (κ1) is 12.8. The van der Waals surface area contributed by atoms with Crippen molar-refractivity contribution in [2.45, 2.75) is 6.54 Å². The summed E-state index contributed by atoms with van der Waals surface area (Å²) in [5.41, 5.74) is 0.939. The van der Waals surface area contributed by atoms with Gasteiger partial charge in [0.2, 0.25) is 0 Å². The van der Waals surface area contributed by atoms with Crippen LogP contribution < -0.4 is 0 Å². The molecule has 1 heterocycles. The first-order valence-corrected chi connectivity index (χ1v) is 6.35. The second-order valence-corrected chi connectivity index (χ2v) is 4.88. The Labute approximate surface area is 109 Å². The molecule has 5 nitrogen and oxygen atoms in total. The standard InChI is InChI=1S/C12H14N2O3S/c1-14(12(16)17-7-6-15)8-11-13-9-4-2-3-5-10(9)18-11/h2-5,15H,6-8H2,1H3. The fourth-order valence-electron chi connectivity index (χ4n) is 1.50. The van der Waals surface area contributed by atoms with Gasteiger partial charge in [0.1, 0.15) is 11.6 Å². The summed E-state index contributed by atoms with van der Waals surface area (Å²) in [6.45, 7) is 0.257. The van der Waals surface area contributed by atoms with Gasteiger partial charge in [-0.15, -0.1) is 11.3 Å². The summed E-state index contributed by atoms with van der Waals surface area (Å²) in [6.07, 6.45) is -0.455. The van der Waals surface area contributed by atoms with E-state index in [9.17, 15) is 4.79 Å². The van der Waals surface area contributed by atoms with Gasteiger partial charge in [0.25, 0.3) is 0 Å². The van der Waals surface area contributed by atoms with Crippen molar-refractivity contribution in [2.24, 2.45) is 0 Å². The van der Waals surface area contributed by atoms with Crippen molar-refractivity contribution in [2.75, 3.05) is 20.3 Å². The molecule has 0 atom stereocenters. The van der Waals surface area contributed by atoms with Gasteiger partial charge >= 0.3 is 6.09 Å². The summed E-state index contributed by atoms with van der Waals surface area (Å²) >= 11 is 1.56. The summed E-state index contributed by atoms with van der Waals surface area (Å²) in [7, 11) is 1.64. The van der Waals surface area contributed by atoms with Crippen LogP contribution in [0, 0.1) is 0 Å². The number of aliphatic hydroxyl groups excluding tert-OH is 1. The van der Waals surface area contributed by atoms with Crippen molar-refractivity contribution >= 4 is 27.6 Å². The van der Waals surface area contributed by atoms with E-state index in [0.29, 0.717) is 6.54 Å². The van der Waals surface area contributed by atoms with E-state index in [1.165, 1.54) is 4.90 Å². The predicted octanol–water partition coefficient (Wildman–Crippen LogP) is 1.86. The Balaban J connectivity index is 2.02. The predicted molar refractivity (Wildman–Crippen MR) is 69.5 cm³/mol. The van der Waals surface area contributed by atoms with Gasteiger partial charge in [-0.1, -0.05) is 12.1 Å². The molecule has 2 aromatic rings. The number of hydrogen-bond acceptors (Lipinski definition) is 5. The van der Waals surface area contributed by atoms with E-state index in [4.69, 9.17) is 9.84 Å². The van der Waals surface area contributed by atoms with Crippen molar-refractivity contribution in [3.05, 3.63) is 29.3 Å². The molecule has 1 N–H and O–H groups in total. The fraction of sp³-hybridized carbons (Fsp3) is 0.333. The van der Waals surface area contributed by atoms with Crippen molar-refractivity contribution in [3.8, 4) is 0 Å². The maximum absolute atomic E-state index is 11.5. The average Bonchev–Trinajstić information content (AvgIpc) is 2.77. The molecule has 0 bridgehead atoms. The molecule has 96 valence electrons. The van der Waals surface area contributed by atoms with Crippen LogP contribution in [-0.2, 0) is 11.3 Å². The van der Waals surface area contributed by atoms with E-state index in [0.717, 1.165) is 15.2 Å². The molecule has 6 heteroatoms. The largest absolute Gasteiger partial charge is 0.447 e. The normalized spacial score (nSPS) is 10.6. The number of nitrogens with zero attached hydrogens (tertiary/aromatic N) is 2. The van der Waals surface area contributed by atoms with Crippen LogP contribution in [-0.4, -0.2) is 41.3 Å². The molecule has 2 rings (SSSR count). The van der Waals surface area contributed by atoms with Crippen molar-refractivity contribution in [1.29, 1.82) is 0 Å². The average molecular weight is 266 g/mol. The lowest BCUT2D eigenvalue weighted by Gasteiger charge is -2.14. The van der Waals surface area contributed by atoms with Crippen molar-refractivity contribution in [1.82, 2.24) is 9.88 Å². The molecule has 0 fully saturated rings. The molecule has 1 amide bonds. The zero-order chi connectivity index (χ0) is 13.0. The number of para-hydroxylation sites is 1. The molecule has 0 spiro atoms. The Morgan fingerprint density at radius 3 is 3.00 bits per heavy atom. The minimum absolute atomic E-state index is 0.0169. The van der Waals surface area contributed by atoms with Crippen LogP contribution in [0.2, 0.25) is 0 Å². The van der Waals surface area contributed by atoms with Crippen molar-refractivity contribution < 1.29 is 14.6 Å². The van der Waals surface area contributed by atoms with Gasteiger partial charge in [-0.3, -0.25) is 0 Å². The first-order valence-electron chi connectivity index (χ1n) is 5.54. The van der Waals surface area contributed by atoms with Crippen LogP contribution in [0.3, 0.4) is 0 Å². The van der Waals surface area contributed by atoms with Gasteiger partial charge in [0, 0.05) is 7.05 Å². The Morgan fingerprint density at radius 1 is 1.50 bits per heavy atom. The minimum atomic E-state index is -0.455. The second kappa shape index (κ2) is 5.79. The first-order chi connectivity index (χ1) is 8.70. The minimum Gasteiger partial charge on any atom is -0.447 e. The van der Waals surface area contributed by atoms with Gasteiger partial charge in [-0.25, -0.2) is 9.78 Å². The van der Waals surface area contributed by atoms with Crippen LogP contribution in [0.5, 0.6) is 0 Å². The van der Waals surface area contributed by atoms with Crippen molar-refractivity contribution in [3.63, 3.8) is 0 Å². The molecule has 0 saturated heterocycles. The third-order valence-electron chi connectivity index (χ3n) is 2.34. The Morgan fingerprint density at radius 2 is 2.28 bits per heavy atom. The monoisotopic (exact) mass is 266 g/mol. The van der Waals surface area contributed by atoms with Crippen LogP contribution in [0.4, 0.5) is 4.79 Å². The number of thiazole rings is 1. The maximum atomic E-state index is 11.5. The number of aromatic nitrogens is 1. The highest BCUT2D eigenvalue weighted by atomic mass is 32.1. The number of hydrogen-bond donors (Lipinski definition) is 1. The van der Waals surface area contributed by atoms with Gasteiger partial charge in [0.15, 0.2) is 0 Å². The molecule has 0 unspecified atom stereocenters.